The van der Waals surface area contributed by atoms with Crippen molar-refractivity contribution in [1.29, 1.82) is 0 Å². The SMILES string of the molecule is CCC1CCC1C=CCN. The van der Waals surface area contributed by atoms with Crippen molar-refractivity contribution in [3.63, 3.8) is 0 Å². The highest BCUT2D eigenvalue weighted by Crippen LogP contribution is 2.37. The number of allylic oxidation sites excluding steroid dienone is 1. The van der Waals surface area contributed by atoms with Gasteiger partial charge in [0.05, 0.1) is 0 Å². The Labute approximate surface area is 63.3 Å². The van der Waals surface area contributed by atoms with E-state index < -0.39 is 0 Å². The van der Waals surface area contributed by atoms with Crippen LogP contribution in [-0.2, 0) is 0 Å². The second kappa shape index (κ2) is 3.77. The van der Waals surface area contributed by atoms with Crippen LogP contribution in [-0.4, -0.2) is 6.54 Å². The average Bonchev–Trinajstić information content (AvgIpc) is 1.88. The van der Waals surface area contributed by atoms with E-state index in [1.807, 2.05) is 0 Å². The van der Waals surface area contributed by atoms with Crippen LogP contribution in [0.15, 0.2) is 12.2 Å². The topological polar surface area (TPSA) is 26.0 Å². The lowest BCUT2D eigenvalue weighted by Crippen LogP contribution is -2.23. The Hall–Kier alpha value is -0.300. The molecule has 0 aromatic rings. The fourth-order valence-electron chi connectivity index (χ4n) is 1.61. The maximum Gasteiger partial charge on any atom is 0.0106 e. The maximum atomic E-state index is 5.36. The van der Waals surface area contributed by atoms with Gasteiger partial charge in [0.2, 0.25) is 0 Å². The van der Waals surface area contributed by atoms with Gasteiger partial charge in [0, 0.05) is 6.54 Å². The molecule has 1 nitrogen and oxygen atoms in total. The van der Waals surface area contributed by atoms with Crippen molar-refractivity contribution in [3.05, 3.63) is 12.2 Å². The first-order valence-corrected chi connectivity index (χ1v) is 4.25. The lowest BCUT2D eigenvalue weighted by molar-refractivity contribution is 0.220. The van der Waals surface area contributed by atoms with Gasteiger partial charge in [0.25, 0.3) is 0 Å². The molecule has 1 fully saturated rings. The van der Waals surface area contributed by atoms with Crippen LogP contribution < -0.4 is 5.73 Å². The van der Waals surface area contributed by atoms with E-state index in [1.165, 1.54) is 19.3 Å². The van der Waals surface area contributed by atoms with Crippen LogP contribution in [0, 0.1) is 11.8 Å². The van der Waals surface area contributed by atoms with Gasteiger partial charge < -0.3 is 5.73 Å². The van der Waals surface area contributed by atoms with Crippen LogP contribution in [0.25, 0.3) is 0 Å². The summed E-state index contributed by atoms with van der Waals surface area (Å²) in [7, 11) is 0. The average molecular weight is 139 g/mol. The van der Waals surface area contributed by atoms with Crippen LogP contribution >= 0.6 is 0 Å². The Balaban J connectivity index is 2.22. The summed E-state index contributed by atoms with van der Waals surface area (Å²) in [6, 6.07) is 0. The van der Waals surface area contributed by atoms with Crippen LogP contribution in [0.3, 0.4) is 0 Å². The lowest BCUT2D eigenvalue weighted by atomic mass is 9.72. The molecule has 58 valence electrons. The van der Waals surface area contributed by atoms with Crippen molar-refractivity contribution >= 4 is 0 Å². The lowest BCUT2D eigenvalue weighted by Gasteiger charge is -2.33. The third-order valence-electron chi connectivity index (χ3n) is 2.52. The molecule has 0 heterocycles. The van der Waals surface area contributed by atoms with Gasteiger partial charge in [-0.2, -0.15) is 0 Å². The predicted octanol–water partition coefficient (Wildman–Crippen LogP) is 1.94. The third kappa shape index (κ3) is 1.60. The molecule has 10 heavy (non-hydrogen) atoms. The van der Waals surface area contributed by atoms with Gasteiger partial charge in [-0.15, -0.1) is 0 Å². The van der Waals surface area contributed by atoms with Gasteiger partial charge in [-0.25, -0.2) is 0 Å². The summed E-state index contributed by atoms with van der Waals surface area (Å²) in [5, 5.41) is 0. The van der Waals surface area contributed by atoms with Gasteiger partial charge >= 0.3 is 0 Å². The van der Waals surface area contributed by atoms with E-state index in [0.717, 1.165) is 11.8 Å². The van der Waals surface area contributed by atoms with Gasteiger partial charge in [0.1, 0.15) is 0 Å². The van der Waals surface area contributed by atoms with Gasteiger partial charge in [-0.1, -0.05) is 25.5 Å². The Morgan fingerprint density at radius 2 is 2.30 bits per heavy atom. The molecule has 0 spiro atoms. The highest BCUT2D eigenvalue weighted by molar-refractivity contribution is 4.97. The summed E-state index contributed by atoms with van der Waals surface area (Å²) in [5.74, 6) is 1.82. The molecule has 0 aromatic heterocycles. The standard InChI is InChI=1S/C9H17N/c1-2-8-5-6-9(8)4-3-7-10/h3-4,8-9H,2,5-7,10H2,1H3. The molecule has 0 aromatic carbocycles. The predicted molar refractivity (Wildman–Crippen MR) is 44.7 cm³/mol. The van der Waals surface area contributed by atoms with Crippen LogP contribution in [0.1, 0.15) is 26.2 Å². The largest absolute Gasteiger partial charge is 0.327 e. The van der Waals surface area contributed by atoms with Crippen molar-refractivity contribution < 1.29 is 0 Å². The molecule has 0 aliphatic heterocycles. The summed E-state index contributed by atoms with van der Waals surface area (Å²) >= 11 is 0. The summed E-state index contributed by atoms with van der Waals surface area (Å²) in [6.45, 7) is 2.97. The highest BCUT2D eigenvalue weighted by atomic mass is 14.5. The van der Waals surface area contributed by atoms with Crippen LogP contribution in [0.5, 0.6) is 0 Å². The van der Waals surface area contributed by atoms with E-state index in [1.54, 1.807) is 0 Å². The smallest absolute Gasteiger partial charge is 0.0106 e. The zero-order chi connectivity index (χ0) is 7.40. The molecule has 0 amide bonds. The van der Waals surface area contributed by atoms with Crippen molar-refractivity contribution in [1.82, 2.24) is 0 Å². The first-order valence-electron chi connectivity index (χ1n) is 4.25. The minimum absolute atomic E-state index is 0.701. The Bertz CT molecular complexity index is 116. The van der Waals surface area contributed by atoms with Gasteiger partial charge in [-0.3, -0.25) is 0 Å². The number of hydrogen-bond donors (Lipinski definition) is 1. The molecule has 0 radical (unpaired) electrons. The molecule has 2 atom stereocenters. The number of hydrogen-bond acceptors (Lipinski definition) is 1. The molecule has 1 aliphatic carbocycles. The fraction of sp³-hybridized carbons (Fsp3) is 0.778. The molecule has 2 N–H and O–H groups in total. The molecular weight excluding hydrogens is 122 g/mol. The minimum atomic E-state index is 0.701. The zero-order valence-corrected chi connectivity index (χ0v) is 6.72. The molecule has 1 saturated carbocycles. The van der Waals surface area contributed by atoms with Crippen molar-refractivity contribution in [2.75, 3.05) is 6.54 Å². The Kier molecular flexibility index (Phi) is 2.94. The van der Waals surface area contributed by atoms with Crippen LogP contribution in [0.4, 0.5) is 0 Å². The summed E-state index contributed by atoms with van der Waals surface area (Å²) in [4.78, 5) is 0. The van der Waals surface area contributed by atoms with E-state index in [0.29, 0.717) is 6.54 Å². The Morgan fingerprint density at radius 1 is 1.50 bits per heavy atom. The van der Waals surface area contributed by atoms with E-state index in [9.17, 15) is 0 Å². The quantitative estimate of drug-likeness (QED) is 0.594. The highest BCUT2D eigenvalue weighted by Gasteiger charge is 2.26. The first-order chi connectivity index (χ1) is 4.88. The third-order valence-corrected chi connectivity index (χ3v) is 2.52. The summed E-state index contributed by atoms with van der Waals surface area (Å²) in [5.41, 5.74) is 5.36. The first kappa shape index (κ1) is 7.80. The van der Waals surface area contributed by atoms with Crippen molar-refractivity contribution in [2.45, 2.75) is 26.2 Å². The molecule has 1 heteroatoms. The summed E-state index contributed by atoms with van der Waals surface area (Å²) < 4.78 is 0. The second-order valence-electron chi connectivity index (χ2n) is 3.07. The van der Waals surface area contributed by atoms with Crippen LogP contribution in [0.2, 0.25) is 0 Å². The normalized spacial score (nSPS) is 32.6. The van der Waals surface area contributed by atoms with Gasteiger partial charge in [0.15, 0.2) is 0 Å². The molecule has 1 aliphatic rings. The number of nitrogens with two attached hydrogens (primary N) is 1. The van der Waals surface area contributed by atoms with E-state index in [2.05, 4.69) is 19.1 Å². The van der Waals surface area contributed by atoms with E-state index in [4.69, 9.17) is 5.73 Å². The summed E-state index contributed by atoms with van der Waals surface area (Å²) in [6.07, 6.45) is 8.52. The van der Waals surface area contributed by atoms with E-state index >= 15 is 0 Å². The number of rotatable bonds is 3. The minimum Gasteiger partial charge on any atom is -0.327 e. The monoisotopic (exact) mass is 139 g/mol. The van der Waals surface area contributed by atoms with Gasteiger partial charge in [-0.05, 0) is 24.7 Å². The zero-order valence-electron chi connectivity index (χ0n) is 6.72. The van der Waals surface area contributed by atoms with E-state index in [-0.39, 0.29) is 0 Å². The Morgan fingerprint density at radius 3 is 2.70 bits per heavy atom. The molecule has 1 rings (SSSR count). The molecule has 0 saturated heterocycles. The molecule has 0 bridgehead atoms. The fourth-order valence-corrected chi connectivity index (χ4v) is 1.61. The molecule has 2 unspecified atom stereocenters. The van der Waals surface area contributed by atoms with Crippen molar-refractivity contribution in [3.8, 4) is 0 Å². The maximum absolute atomic E-state index is 5.36. The van der Waals surface area contributed by atoms with Crippen molar-refractivity contribution in [2.24, 2.45) is 17.6 Å². The second-order valence-corrected chi connectivity index (χ2v) is 3.07. The molecular formula is C9H17N.